The van der Waals surface area contributed by atoms with E-state index in [1.165, 1.54) is 0 Å². The van der Waals surface area contributed by atoms with Crippen LogP contribution in [0.1, 0.15) is 19.8 Å². The van der Waals surface area contributed by atoms with Gasteiger partial charge < -0.3 is 5.73 Å². The van der Waals surface area contributed by atoms with E-state index in [4.69, 9.17) is 5.73 Å². The van der Waals surface area contributed by atoms with Crippen LogP contribution in [0.4, 0.5) is 0 Å². The molecule has 0 spiro atoms. The zero-order valence-corrected chi connectivity index (χ0v) is 7.21. The number of likely N-dealkylation sites (tertiary alicyclic amines) is 1. The Morgan fingerprint density at radius 3 is 2.73 bits per heavy atom. The van der Waals surface area contributed by atoms with Crippen LogP contribution in [0, 0.1) is 5.92 Å². The molecule has 11 heavy (non-hydrogen) atoms. The van der Waals surface area contributed by atoms with Crippen LogP contribution >= 0.6 is 0 Å². The summed E-state index contributed by atoms with van der Waals surface area (Å²) in [6.45, 7) is 3.12. The minimum Gasteiger partial charge on any atom is -0.368 e. The molecule has 1 fully saturated rings. The van der Waals surface area contributed by atoms with Crippen LogP contribution in [0.3, 0.4) is 0 Å². The normalized spacial score (nSPS) is 32.5. The van der Waals surface area contributed by atoms with Gasteiger partial charge in [-0.15, -0.1) is 0 Å². The predicted molar refractivity (Wildman–Crippen MR) is 44.0 cm³/mol. The Morgan fingerprint density at radius 1 is 1.73 bits per heavy atom. The van der Waals surface area contributed by atoms with Crippen LogP contribution in [0.2, 0.25) is 0 Å². The number of carbonyl (C=O) groups is 1. The lowest BCUT2D eigenvalue weighted by Gasteiger charge is -2.20. The molecule has 3 nitrogen and oxygen atoms in total. The topological polar surface area (TPSA) is 46.3 Å². The zero-order chi connectivity index (χ0) is 8.43. The number of carbonyl (C=O) groups excluding carboxylic acids is 1. The molecule has 1 saturated heterocycles. The summed E-state index contributed by atoms with van der Waals surface area (Å²) in [6.07, 6.45) is 2.17. The fourth-order valence-corrected chi connectivity index (χ4v) is 1.90. The molecule has 2 N–H and O–H groups in total. The molecule has 0 aromatic carbocycles. The van der Waals surface area contributed by atoms with E-state index in [1.54, 1.807) is 0 Å². The Hall–Kier alpha value is -0.570. The Bertz CT molecular complexity index is 158. The van der Waals surface area contributed by atoms with Gasteiger partial charge in [0.1, 0.15) is 0 Å². The van der Waals surface area contributed by atoms with Gasteiger partial charge in [0.25, 0.3) is 0 Å². The Balaban J connectivity index is 2.63. The molecule has 1 heterocycles. The maximum absolute atomic E-state index is 11.0. The van der Waals surface area contributed by atoms with Crippen molar-refractivity contribution in [2.45, 2.75) is 25.8 Å². The second-order valence-electron chi connectivity index (χ2n) is 3.28. The highest BCUT2D eigenvalue weighted by Crippen LogP contribution is 2.24. The molecular formula is C8H16N2O. The Kier molecular flexibility index (Phi) is 2.49. The SMILES string of the molecule is CC[C@@H]1CCN(C)[C@@H]1C(N)=O. The van der Waals surface area contributed by atoms with Crippen LogP contribution in [-0.4, -0.2) is 30.4 Å². The molecule has 0 radical (unpaired) electrons. The van der Waals surface area contributed by atoms with Crippen molar-refractivity contribution >= 4 is 5.91 Å². The molecule has 0 aromatic rings. The summed E-state index contributed by atoms with van der Waals surface area (Å²) in [5, 5.41) is 0. The first-order valence-corrected chi connectivity index (χ1v) is 4.16. The summed E-state index contributed by atoms with van der Waals surface area (Å²) in [7, 11) is 1.96. The quantitative estimate of drug-likeness (QED) is 0.621. The third-order valence-electron chi connectivity index (χ3n) is 2.59. The molecule has 3 heteroatoms. The van der Waals surface area contributed by atoms with Gasteiger partial charge in [-0.05, 0) is 25.9 Å². The largest absolute Gasteiger partial charge is 0.368 e. The van der Waals surface area contributed by atoms with E-state index in [1.807, 2.05) is 7.05 Å². The maximum atomic E-state index is 11.0. The molecule has 0 aliphatic carbocycles. The first-order valence-electron chi connectivity index (χ1n) is 4.16. The summed E-state index contributed by atoms with van der Waals surface area (Å²) in [6, 6.07) is -0.0139. The van der Waals surface area contributed by atoms with E-state index in [-0.39, 0.29) is 11.9 Å². The number of rotatable bonds is 2. The van der Waals surface area contributed by atoms with Gasteiger partial charge in [0.2, 0.25) is 5.91 Å². The van der Waals surface area contributed by atoms with Gasteiger partial charge in [-0.25, -0.2) is 0 Å². The molecule has 0 saturated carbocycles. The second kappa shape index (κ2) is 3.22. The third-order valence-corrected chi connectivity index (χ3v) is 2.59. The minimum absolute atomic E-state index is 0.0139. The molecule has 0 aromatic heterocycles. The van der Waals surface area contributed by atoms with Gasteiger partial charge in [0, 0.05) is 0 Å². The highest BCUT2D eigenvalue weighted by atomic mass is 16.1. The van der Waals surface area contributed by atoms with Gasteiger partial charge >= 0.3 is 0 Å². The van der Waals surface area contributed by atoms with Crippen molar-refractivity contribution in [2.75, 3.05) is 13.6 Å². The molecule has 64 valence electrons. The smallest absolute Gasteiger partial charge is 0.235 e. The molecule has 1 aliphatic heterocycles. The van der Waals surface area contributed by atoms with Crippen molar-refractivity contribution in [2.24, 2.45) is 11.7 Å². The fourth-order valence-electron chi connectivity index (χ4n) is 1.90. The van der Waals surface area contributed by atoms with Crippen molar-refractivity contribution in [1.29, 1.82) is 0 Å². The van der Waals surface area contributed by atoms with E-state index < -0.39 is 0 Å². The van der Waals surface area contributed by atoms with E-state index in [0.29, 0.717) is 5.92 Å². The summed E-state index contributed by atoms with van der Waals surface area (Å²) >= 11 is 0. The van der Waals surface area contributed by atoms with Crippen LogP contribution in [-0.2, 0) is 4.79 Å². The van der Waals surface area contributed by atoms with E-state index in [9.17, 15) is 4.79 Å². The average molecular weight is 156 g/mol. The number of nitrogens with two attached hydrogens (primary N) is 1. The molecule has 1 amide bonds. The summed E-state index contributed by atoms with van der Waals surface area (Å²) in [5.41, 5.74) is 5.27. The standard InChI is InChI=1S/C8H16N2O/c1-3-6-4-5-10(2)7(6)8(9)11/h6-7H,3-5H2,1-2H3,(H2,9,11)/t6-,7+/m1/s1. The van der Waals surface area contributed by atoms with E-state index >= 15 is 0 Å². The van der Waals surface area contributed by atoms with Crippen LogP contribution in [0.5, 0.6) is 0 Å². The van der Waals surface area contributed by atoms with Crippen molar-refractivity contribution in [1.82, 2.24) is 4.90 Å². The number of nitrogens with zero attached hydrogens (tertiary/aromatic N) is 1. The number of primary amides is 1. The van der Waals surface area contributed by atoms with Crippen LogP contribution in [0.15, 0.2) is 0 Å². The summed E-state index contributed by atoms with van der Waals surface area (Å²) in [5.74, 6) is 0.314. The third kappa shape index (κ3) is 1.53. The molecule has 1 aliphatic rings. The number of likely N-dealkylation sites (N-methyl/N-ethyl adjacent to an activating group) is 1. The lowest BCUT2D eigenvalue weighted by molar-refractivity contribution is -0.123. The monoisotopic (exact) mass is 156 g/mol. The van der Waals surface area contributed by atoms with E-state index in [2.05, 4.69) is 11.8 Å². The fraction of sp³-hybridized carbons (Fsp3) is 0.875. The van der Waals surface area contributed by atoms with Gasteiger partial charge in [0.15, 0.2) is 0 Å². The number of hydrogen-bond donors (Lipinski definition) is 1. The minimum atomic E-state index is -0.170. The zero-order valence-electron chi connectivity index (χ0n) is 7.21. The second-order valence-corrected chi connectivity index (χ2v) is 3.28. The molecule has 2 atom stereocenters. The molecule has 0 bridgehead atoms. The van der Waals surface area contributed by atoms with Gasteiger partial charge in [-0.2, -0.15) is 0 Å². The molecule has 1 rings (SSSR count). The highest BCUT2D eigenvalue weighted by Gasteiger charge is 2.34. The Morgan fingerprint density at radius 2 is 2.36 bits per heavy atom. The number of hydrogen-bond acceptors (Lipinski definition) is 2. The Labute approximate surface area is 67.5 Å². The lowest BCUT2D eigenvalue weighted by Crippen LogP contribution is -2.41. The summed E-state index contributed by atoms with van der Waals surface area (Å²) in [4.78, 5) is 13.0. The van der Waals surface area contributed by atoms with Gasteiger partial charge in [-0.1, -0.05) is 13.3 Å². The van der Waals surface area contributed by atoms with Crippen molar-refractivity contribution in [3.63, 3.8) is 0 Å². The highest BCUT2D eigenvalue weighted by molar-refractivity contribution is 5.80. The van der Waals surface area contributed by atoms with Crippen molar-refractivity contribution < 1.29 is 4.79 Å². The van der Waals surface area contributed by atoms with Crippen LogP contribution in [0.25, 0.3) is 0 Å². The predicted octanol–water partition coefficient (Wildman–Crippen LogP) is 0.202. The lowest BCUT2D eigenvalue weighted by atomic mass is 9.97. The van der Waals surface area contributed by atoms with Gasteiger partial charge in [-0.3, -0.25) is 9.69 Å². The van der Waals surface area contributed by atoms with Crippen LogP contribution < -0.4 is 5.73 Å². The average Bonchev–Trinajstić information content (AvgIpc) is 2.30. The maximum Gasteiger partial charge on any atom is 0.235 e. The first-order chi connectivity index (χ1) is 5.16. The molecular weight excluding hydrogens is 140 g/mol. The number of amides is 1. The summed E-state index contributed by atoms with van der Waals surface area (Å²) < 4.78 is 0. The van der Waals surface area contributed by atoms with Crippen molar-refractivity contribution in [3.05, 3.63) is 0 Å². The van der Waals surface area contributed by atoms with Gasteiger partial charge in [0.05, 0.1) is 6.04 Å². The molecule has 0 unspecified atom stereocenters. The van der Waals surface area contributed by atoms with Crippen molar-refractivity contribution in [3.8, 4) is 0 Å². The van der Waals surface area contributed by atoms with E-state index in [0.717, 1.165) is 19.4 Å². The first kappa shape index (κ1) is 8.53.